The van der Waals surface area contributed by atoms with E-state index in [-0.39, 0.29) is 0 Å². The predicted molar refractivity (Wildman–Crippen MR) is 87.0 cm³/mol. The summed E-state index contributed by atoms with van der Waals surface area (Å²) in [7, 11) is 0. The first-order chi connectivity index (χ1) is 10.8. The SMILES string of the molecule is Nc1cc(-c2nc3nccc(-c4ccccc4)c3[nH]2)ccn1. The van der Waals surface area contributed by atoms with Gasteiger partial charge in [-0.1, -0.05) is 30.3 Å². The van der Waals surface area contributed by atoms with Crippen LogP contribution >= 0.6 is 0 Å². The fourth-order valence-corrected chi connectivity index (χ4v) is 2.50. The Morgan fingerprint density at radius 1 is 0.864 bits per heavy atom. The Balaban J connectivity index is 1.92. The zero-order valence-electron chi connectivity index (χ0n) is 11.7. The molecule has 3 N–H and O–H groups in total. The second-order valence-corrected chi connectivity index (χ2v) is 4.98. The van der Waals surface area contributed by atoms with Gasteiger partial charge in [-0.05, 0) is 23.8 Å². The predicted octanol–water partition coefficient (Wildman–Crippen LogP) is 3.27. The molecule has 106 valence electrons. The number of nitrogens with zero attached hydrogens (tertiary/aromatic N) is 3. The number of hydrogen-bond donors (Lipinski definition) is 2. The molecule has 0 bridgehead atoms. The number of aromatic nitrogens is 4. The van der Waals surface area contributed by atoms with Crippen molar-refractivity contribution in [1.82, 2.24) is 19.9 Å². The summed E-state index contributed by atoms with van der Waals surface area (Å²) in [6.45, 7) is 0. The summed E-state index contributed by atoms with van der Waals surface area (Å²) < 4.78 is 0. The Hall–Kier alpha value is -3.21. The first-order valence-corrected chi connectivity index (χ1v) is 6.93. The van der Waals surface area contributed by atoms with E-state index >= 15 is 0 Å². The third kappa shape index (κ3) is 2.09. The summed E-state index contributed by atoms with van der Waals surface area (Å²) >= 11 is 0. The Labute approximate surface area is 126 Å². The number of imidazole rings is 1. The molecule has 0 aliphatic rings. The van der Waals surface area contributed by atoms with Crippen molar-refractivity contribution in [2.45, 2.75) is 0 Å². The summed E-state index contributed by atoms with van der Waals surface area (Å²) in [5, 5.41) is 0. The van der Waals surface area contributed by atoms with Crippen LogP contribution in [0.25, 0.3) is 33.7 Å². The molecule has 0 radical (unpaired) electrons. The lowest BCUT2D eigenvalue weighted by molar-refractivity contribution is 1.28. The van der Waals surface area contributed by atoms with E-state index in [0.29, 0.717) is 11.5 Å². The Kier molecular flexibility index (Phi) is 2.83. The average molecular weight is 287 g/mol. The van der Waals surface area contributed by atoms with Gasteiger partial charge in [0.05, 0.1) is 5.52 Å². The Morgan fingerprint density at radius 2 is 1.68 bits per heavy atom. The molecule has 0 saturated heterocycles. The van der Waals surface area contributed by atoms with E-state index in [9.17, 15) is 0 Å². The van der Waals surface area contributed by atoms with E-state index in [1.54, 1.807) is 18.5 Å². The second-order valence-electron chi connectivity index (χ2n) is 4.98. The molecule has 5 nitrogen and oxygen atoms in total. The van der Waals surface area contributed by atoms with Gasteiger partial charge in [0.25, 0.3) is 0 Å². The molecule has 4 rings (SSSR count). The lowest BCUT2D eigenvalue weighted by Crippen LogP contribution is -1.90. The molecule has 0 amide bonds. The van der Waals surface area contributed by atoms with Crippen LogP contribution in [0.5, 0.6) is 0 Å². The summed E-state index contributed by atoms with van der Waals surface area (Å²) in [4.78, 5) is 16.3. The van der Waals surface area contributed by atoms with Crippen molar-refractivity contribution in [3.8, 4) is 22.5 Å². The molecule has 22 heavy (non-hydrogen) atoms. The summed E-state index contributed by atoms with van der Waals surface area (Å²) in [5.74, 6) is 1.20. The molecule has 3 aromatic heterocycles. The van der Waals surface area contributed by atoms with E-state index in [1.807, 2.05) is 30.3 Å². The molecule has 0 spiro atoms. The summed E-state index contributed by atoms with van der Waals surface area (Å²) in [6.07, 6.45) is 3.44. The topological polar surface area (TPSA) is 80.5 Å². The minimum atomic E-state index is 0.467. The highest BCUT2D eigenvalue weighted by molar-refractivity contribution is 5.91. The number of hydrogen-bond acceptors (Lipinski definition) is 4. The van der Waals surface area contributed by atoms with Gasteiger partial charge in [-0.15, -0.1) is 0 Å². The maximum absolute atomic E-state index is 5.74. The number of anilines is 1. The largest absolute Gasteiger partial charge is 0.384 e. The van der Waals surface area contributed by atoms with Crippen LogP contribution in [0.4, 0.5) is 5.82 Å². The van der Waals surface area contributed by atoms with Crippen molar-refractivity contribution in [1.29, 1.82) is 0 Å². The quantitative estimate of drug-likeness (QED) is 0.593. The number of fused-ring (bicyclic) bond motifs is 1. The number of rotatable bonds is 2. The maximum atomic E-state index is 5.74. The lowest BCUT2D eigenvalue weighted by atomic mass is 10.1. The molecule has 0 aliphatic carbocycles. The van der Waals surface area contributed by atoms with Gasteiger partial charge in [-0.2, -0.15) is 0 Å². The third-order valence-corrected chi connectivity index (χ3v) is 3.53. The van der Waals surface area contributed by atoms with E-state index in [0.717, 1.165) is 28.0 Å². The normalized spacial score (nSPS) is 10.9. The van der Waals surface area contributed by atoms with Crippen molar-refractivity contribution in [2.75, 3.05) is 5.73 Å². The van der Waals surface area contributed by atoms with Crippen molar-refractivity contribution in [3.63, 3.8) is 0 Å². The highest BCUT2D eigenvalue weighted by Crippen LogP contribution is 2.28. The molecule has 0 atom stereocenters. The standard InChI is InChI=1S/C17H13N5/c18-14-10-12(6-8-19-14)16-21-15-13(7-9-20-17(15)22-16)11-4-2-1-3-5-11/h1-10H,(H2,18,19)(H,20,21,22). The minimum absolute atomic E-state index is 0.467. The number of pyridine rings is 2. The molecule has 0 unspecified atom stereocenters. The molecule has 0 aliphatic heterocycles. The fraction of sp³-hybridized carbons (Fsp3) is 0. The molecular weight excluding hydrogens is 274 g/mol. The van der Waals surface area contributed by atoms with Gasteiger partial charge in [0.1, 0.15) is 11.6 Å². The van der Waals surface area contributed by atoms with Crippen molar-refractivity contribution in [2.24, 2.45) is 0 Å². The van der Waals surface area contributed by atoms with Crippen LogP contribution in [0.15, 0.2) is 60.9 Å². The number of nitrogen functional groups attached to an aromatic ring is 1. The lowest BCUT2D eigenvalue weighted by Gasteiger charge is -2.01. The zero-order chi connectivity index (χ0) is 14.9. The van der Waals surface area contributed by atoms with E-state index in [2.05, 4.69) is 32.1 Å². The highest BCUT2D eigenvalue weighted by Gasteiger charge is 2.11. The van der Waals surface area contributed by atoms with E-state index in [1.165, 1.54) is 0 Å². The zero-order valence-corrected chi connectivity index (χ0v) is 11.7. The van der Waals surface area contributed by atoms with Crippen LogP contribution in [0.2, 0.25) is 0 Å². The number of aromatic amines is 1. The molecule has 0 fully saturated rings. The number of nitrogens with one attached hydrogen (secondary N) is 1. The van der Waals surface area contributed by atoms with Crippen molar-refractivity contribution >= 4 is 17.0 Å². The molecule has 5 heteroatoms. The van der Waals surface area contributed by atoms with Gasteiger partial charge in [0.15, 0.2) is 5.65 Å². The van der Waals surface area contributed by atoms with Gasteiger partial charge in [0.2, 0.25) is 0 Å². The van der Waals surface area contributed by atoms with Gasteiger partial charge in [-0.3, -0.25) is 0 Å². The molecule has 4 aromatic rings. The van der Waals surface area contributed by atoms with Crippen LogP contribution in [0.3, 0.4) is 0 Å². The third-order valence-electron chi connectivity index (χ3n) is 3.53. The van der Waals surface area contributed by atoms with Gasteiger partial charge < -0.3 is 10.7 Å². The van der Waals surface area contributed by atoms with Crippen LogP contribution < -0.4 is 5.73 Å². The van der Waals surface area contributed by atoms with Crippen LogP contribution in [-0.4, -0.2) is 19.9 Å². The van der Waals surface area contributed by atoms with Crippen molar-refractivity contribution in [3.05, 3.63) is 60.9 Å². The monoisotopic (exact) mass is 287 g/mol. The van der Waals surface area contributed by atoms with E-state index < -0.39 is 0 Å². The number of benzene rings is 1. The van der Waals surface area contributed by atoms with Crippen LogP contribution in [-0.2, 0) is 0 Å². The van der Waals surface area contributed by atoms with Gasteiger partial charge in [-0.25, -0.2) is 15.0 Å². The fourth-order valence-electron chi connectivity index (χ4n) is 2.50. The first-order valence-electron chi connectivity index (χ1n) is 6.93. The van der Waals surface area contributed by atoms with Crippen molar-refractivity contribution < 1.29 is 0 Å². The number of nitrogens with two attached hydrogens (primary N) is 1. The Morgan fingerprint density at radius 3 is 2.50 bits per heavy atom. The maximum Gasteiger partial charge on any atom is 0.178 e. The molecule has 3 heterocycles. The van der Waals surface area contributed by atoms with Crippen LogP contribution in [0.1, 0.15) is 0 Å². The summed E-state index contributed by atoms with van der Waals surface area (Å²) in [5.41, 5.74) is 10.4. The van der Waals surface area contributed by atoms with Crippen LogP contribution in [0, 0.1) is 0 Å². The Bertz CT molecular complexity index is 944. The molecule has 0 saturated carbocycles. The molecule has 1 aromatic carbocycles. The summed E-state index contributed by atoms with van der Waals surface area (Å²) in [6, 6.07) is 15.8. The highest BCUT2D eigenvalue weighted by atomic mass is 15.0. The second kappa shape index (κ2) is 4.96. The minimum Gasteiger partial charge on any atom is -0.384 e. The van der Waals surface area contributed by atoms with E-state index in [4.69, 9.17) is 5.73 Å². The first kappa shape index (κ1) is 12.5. The van der Waals surface area contributed by atoms with Gasteiger partial charge in [0, 0.05) is 23.5 Å². The number of H-pyrrole nitrogens is 1. The smallest absolute Gasteiger partial charge is 0.178 e. The van der Waals surface area contributed by atoms with Gasteiger partial charge >= 0.3 is 0 Å². The average Bonchev–Trinajstić information content (AvgIpc) is 3.00. The molecular formula is C17H13N5.